The molecule has 0 aliphatic carbocycles. The lowest BCUT2D eigenvalue weighted by atomic mass is 9.95. The Morgan fingerprint density at radius 3 is 2.07 bits per heavy atom. The van der Waals surface area contributed by atoms with Crippen LogP contribution in [0.15, 0.2) is 73.1 Å². The maximum Gasteiger partial charge on any atom is 0.313 e. The predicted molar refractivity (Wildman–Crippen MR) is 178 cm³/mol. The van der Waals surface area contributed by atoms with Crippen LogP contribution < -0.4 is 5.32 Å². The average Bonchev–Trinajstić information content (AvgIpc) is 3.48. The van der Waals surface area contributed by atoms with Crippen LogP contribution in [-0.2, 0) is 26.2 Å². The molecule has 9 nitrogen and oxygen atoms in total. The number of phenolic OH excluding ortho intramolecular Hbond substituents is 1. The number of likely N-dealkylation sites (tertiary alicyclic amines) is 1. The van der Waals surface area contributed by atoms with E-state index in [0.29, 0.717) is 10.7 Å². The van der Waals surface area contributed by atoms with Crippen molar-refractivity contribution in [3.63, 3.8) is 0 Å². The van der Waals surface area contributed by atoms with E-state index in [-0.39, 0.29) is 54.4 Å². The summed E-state index contributed by atoms with van der Waals surface area (Å²) in [5.41, 5.74) is 2.70. The van der Waals surface area contributed by atoms with Gasteiger partial charge >= 0.3 is 5.97 Å². The first kappa shape index (κ1) is 32.8. The number of hydrogen-bond acceptors (Lipinski definition) is 8. The van der Waals surface area contributed by atoms with Gasteiger partial charge in [-0.25, -0.2) is 9.97 Å². The number of phenols is 1. The van der Waals surface area contributed by atoms with Crippen LogP contribution in [0.2, 0.25) is 0 Å². The van der Waals surface area contributed by atoms with Gasteiger partial charge in [0.25, 0.3) is 5.91 Å². The second-order valence-corrected chi connectivity index (χ2v) is 14.7. The van der Waals surface area contributed by atoms with Crippen LogP contribution in [0.25, 0.3) is 22.5 Å². The van der Waals surface area contributed by atoms with Gasteiger partial charge in [0, 0.05) is 47.9 Å². The van der Waals surface area contributed by atoms with E-state index in [1.165, 1.54) is 11.3 Å². The Morgan fingerprint density at radius 2 is 1.50 bits per heavy atom. The predicted octanol–water partition coefficient (Wildman–Crippen LogP) is 6.02. The molecule has 5 rings (SSSR count). The quantitative estimate of drug-likeness (QED) is 0.226. The number of ether oxygens (including phenoxy) is 1. The molecule has 0 unspecified atom stereocenters. The fourth-order valence-electron chi connectivity index (χ4n) is 5.01. The summed E-state index contributed by atoms with van der Waals surface area (Å²) in [5.74, 6) is -0.498. The second kappa shape index (κ2) is 13.0. The van der Waals surface area contributed by atoms with Crippen LogP contribution in [-0.4, -0.2) is 62.5 Å². The minimum atomic E-state index is -0.820. The van der Waals surface area contributed by atoms with Crippen LogP contribution in [0.4, 0.5) is 0 Å². The van der Waals surface area contributed by atoms with Crippen molar-refractivity contribution in [2.75, 3.05) is 13.1 Å². The van der Waals surface area contributed by atoms with Gasteiger partial charge in [-0.1, -0.05) is 57.2 Å². The first-order chi connectivity index (χ1) is 21.7. The van der Waals surface area contributed by atoms with Crippen LogP contribution in [0.5, 0.6) is 5.75 Å². The third kappa shape index (κ3) is 7.98. The Balaban J connectivity index is 1.30. The number of esters is 1. The first-order valence-electron chi connectivity index (χ1n) is 15.3. The molecule has 1 aliphatic heterocycles. The third-order valence-electron chi connectivity index (χ3n) is 7.61. The van der Waals surface area contributed by atoms with Crippen molar-refractivity contribution in [3.8, 4) is 28.3 Å². The van der Waals surface area contributed by atoms with Gasteiger partial charge in [-0.2, -0.15) is 0 Å². The molecule has 0 spiro atoms. The zero-order valence-electron chi connectivity index (χ0n) is 27.0. The number of aromatic nitrogens is 2. The molecule has 2 aromatic carbocycles. The normalized spacial score (nSPS) is 14.3. The molecular weight excluding hydrogens is 600 g/mol. The van der Waals surface area contributed by atoms with Gasteiger partial charge in [0.2, 0.25) is 5.91 Å². The van der Waals surface area contributed by atoms with Gasteiger partial charge in [-0.15, -0.1) is 11.3 Å². The van der Waals surface area contributed by atoms with Gasteiger partial charge in [0.05, 0.1) is 10.8 Å². The van der Waals surface area contributed by atoms with Crippen molar-refractivity contribution in [1.82, 2.24) is 20.2 Å². The van der Waals surface area contributed by atoms with Crippen molar-refractivity contribution < 1.29 is 24.2 Å². The highest BCUT2D eigenvalue weighted by Crippen LogP contribution is 2.30. The highest BCUT2D eigenvalue weighted by Gasteiger charge is 2.41. The number of carbonyl (C=O) groups is 3. The fraction of sp³-hybridized carbons (Fsp3) is 0.361. The minimum absolute atomic E-state index is 0.0932. The Hall–Kier alpha value is -4.57. The number of amides is 2. The molecule has 0 bridgehead atoms. The molecular formula is C36H40N4O5S. The lowest BCUT2D eigenvalue weighted by molar-refractivity contribution is -0.168. The van der Waals surface area contributed by atoms with Crippen LogP contribution in [0.3, 0.4) is 0 Å². The molecule has 3 heterocycles. The van der Waals surface area contributed by atoms with Crippen LogP contribution in [0, 0.1) is 5.92 Å². The van der Waals surface area contributed by atoms with E-state index in [4.69, 9.17) is 4.74 Å². The van der Waals surface area contributed by atoms with Crippen molar-refractivity contribution in [1.29, 1.82) is 0 Å². The zero-order valence-corrected chi connectivity index (χ0v) is 27.9. The molecule has 2 aromatic heterocycles. The number of benzene rings is 2. The van der Waals surface area contributed by atoms with E-state index in [1.807, 2.05) is 51.1 Å². The SMILES string of the molecule is CC(C)(C)OC(=O)C1CN(C(=O)[C@H](Cc2ccc(-c3ncc(-c4ccc(O)cc4)cn3)cc2)NC(=O)c2ccc(C(C)(C)C)s2)C1. The maximum absolute atomic E-state index is 13.7. The molecule has 10 heteroatoms. The summed E-state index contributed by atoms with van der Waals surface area (Å²) in [4.78, 5) is 51.8. The Kier molecular flexibility index (Phi) is 9.30. The molecule has 0 saturated carbocycles. The maximum atomic E-state index is 13.7. The molecule has 1 saturated heterocycles. The molecule has 46 heavy (non-hydrogen) atoms. The first-order valence-corrected chi connectivity index (χ1v) is 16.1. The molecule has 240 valence electrons. The van der Waals surface area contributed by atoms with Crippen molar-refractivity contribution in [2.45, 2.75) is 65.0 Å². The minimum Gasteiger partial charge on any atom is -0.508 e. The molecule has 1 atom stereocenters. The average molecular weight is 641 g/mol. The number of nitrogens with one attached hydrogen (secondary N) is 1. The summed E-state index contributed by atoms with van der Waals surface area (Å²) >= 11 is 1.42. The standard InChI is InChI=1S/C36H40N4O5S/c1-35(2,3)30-16-15-29(46-30)32(42)39-28(33(43)40-20-26(21-40)34(44)45-36(4,5)6)17-22-7-9-24(10-8-22)31-37-18-25(19-38-31)23-11-13-27(41)14-12-23/h7-16,18-19,26,28,41H,17,20-21H2,1-6H3,(H,39,42)/t28-/m0/s1. The van der Waals surface area contributed by atoms with Crippen molar-refractivity contribution in [2.24, 2.45) is 5.92 Å². The third-order valence-corrected chi connectivity index (χ3v) is 9.12. The van der Waals surface area contributed by atoms with E-state index < -0.39 is 11.6 Å². The van der Waals surface area contributed by atoms with E-state index in [9.17, 15) is 19.5 Å². The summed E-state index contributed by atoms with van der Waals surface area (Å²) in [6.07, 6.45) is 3.75. The van der Waals surface area contributed by atoms with E-state index in [0.717, 1.165) is 27.1 Å². The number of carbonyl (C=O) groups excluding carboxylic acids is 3. The van der Waals surface area contributed by atoms with Gasteiger partial charge in [0.1, 0.15) is 17.4 Å². The van der Waals surface area contributed by atoms with Gasteiger partial charge < -0.3 is 20.1 Å². The van der Waals surface area contributed by atoms with Gasteiger partial charge in [-0.05, 0) is 61.6 Å². The summed E-state index contributed by atoms with van der Waals surface area (Å²) < 4.78 is 5.49. The number of aromatic hydroxyl groups is 1. The Labute approximate surface area is 273 Å². The Morgan fingerprint density at radius 1 is 0.891 bits per heavy atom. The smallest absolute Gasteiger partial charge is 0.313 e. The molecule has 1 fully saturated rings. The Bertz CT molecular complexity index is 1700. The van der Waals surface area contributed by atoms with Gasteiger partial charge in [0.15, 0.2) is 5.82 Å². The van der Waals surface area contributed by atoms with Crippen LogP contribution >= 0.6 is 11.3 Å². The number of thiophene rings is 1. The monoisotopic (exact) mass is 640 g/mol. The van der Waals surface area contributed by atoms with Crippen molar-refractivity contribution in [3.05, 3.63) is 88.4 Å². The lowest BCUT2D eigenvalue weighted by Gasteiger charge is -2.40. The highest BCUT2D eigenvalue weighted by molar-refractivity contribution is 7.14. The topological polar surface area (TPSA) is 122 Å². The number of rotatable bonds is 8. The molecule has 2 amide bonds. The van der Waals surface area contributed by atoms with E-state index in [2.05, 4.69) is 36.1 Å². The fourth-order valence-corrected chi connectivity index (χ4v) is 5.98. The second-order valence-electron chi connectivity index (χ2n) is 13.7. The lowest BCUT2D eigenvalue weighted by Crippen LogP contribution is -2.59. The molecule has 0 radical (unpaired) electrons. The summed E-state index contributed by atoms with van der Waals surface area (Å²) in [6.45, 7) is 12.2. The highest BCUT2D eigenvalue weighted by atomic mass is 32.1. The number of hydrogen-bond donors (Lipinski definition) is 2. The molecule has 2 N–H and O–H groups in total. The molecule has 4 aromatic rings. The zero-order chi connectivity index (χ0) is 33.2. The van der Waals surface area contributed by atoms with E-state index in [1.54, 1.807) is 47.6 Å². The summed E-state index contributed by atoms with van der Waals surface area (Å²) in [5, 5.41) is 12.5. The van der Waals surface area contributed by atoms with E-state index >= 15 is 0 Å². The van der Waals surface area contributed by atoms with Crippen molar-refractivity contribution >= 4 is 29.1 Å². The molecule has 1 aliphatic rings. The largest absolute Gasteiger partial charge is 0.508 e. The van der Waals surface area contributed by atoms with Gasteiger partial charge in [-0.3, -0.25) is 14.4 Å². The van der Waals surface area contributed by atoms with Crippen LogP contribution in [0.1, 0.15) is 61.7 Å². The number of nitrogens with zero attached hydrogens (tertiary/aromatic N) is 3. The summed E-state index contributed by atoms with van der Waals surface area (Å²) in [7, 11) is 0. The summed E-state index contributed by atoms with van der Waals surface area (Å²) in [6, 6.07) is 17.4.